The Bertz CT molecular complexity index is 1980. The lowest BCUT2D eigenvalue weighted by Crippen LogP contribution is -2.48. The van der Waals surface area contributed by atoms with Crippen LogP contribution in [0.1, 0.15) is 12.0 Å². The third kappa shape index (κ3) is 3.64. The van der Waals surface area contributed by atoms with Crippen molar-refractivity contribution in [3.8, 4) is 16.8 Å². The number of aryl methyl sites for hydroxylation is 1. The van der Waals surface area contributed by atoms with Gasteiger partial charge >= 0.3 is 11.7 Å². The molecule has 0 unspecified atom stereocenters. The maximum atomic E-state index is 13.5. The standard InChI is InChI=1S/C31H24N4O4/c1-34-27-16-33-26-11-6-19(21-12-20-4-2-3-5-25(20)32-15-21)13-24(26)29(27)35(30(34)38)23-9-7-22(8-10-23)31(14-28(36)37)17-39-18-31/h2-13,15-16H,14,17-18H2,1H3,(H,36,37). The van der Waals surface area contributed by atoms with Crippen molar-refractivity contribution in [3.63, 3.8) is 0 Å². The molecule has 8 heteroatoms. The van der Waals surface area contributed by atoms with Crippen LogP contribution in [0.5, 0.6) is 0 Å². The molecule has 1 aliphatic rings. The number of para-hydroxylation sites is 1. The Hall–Kier alpha value is -4.82. The molecule has 4 heterocycles. The lowest BCUT2D eigenvalue weighted by atomic mass is 9.76. The molecule has 39 heavy (non-hydrogen) atoms. The summed E-state index contributed by atoms with van der Waals surface area (Å²) in [6, 6.07) is 23.7. The number of carboxylic acid groups (broad SMARTS) is 1. The summed E-state index contributed by atoms with van der Waals surface area (Å²) in [6.07, 6.45) is 3.60. The number of aliphatic carboxylic acids is 1. The van der Waals surface area contributed by atoms with Crippen LogP contribution in [0.3, 0.4) is 0 Å². The van der Waals surface area contributed by atoms with E-state index >= 15 is 0 Å². The molecule has 0 spiro atoms. The summed E-state index contributed by atoms with van der Waals surface area (Å²) in [6.45, 7) is 0.741. The van der Waals surface area contributed by atoms with Crippen LogP contribution >= 0.6 is 0 Å². The van der Waals surface area contributed by atoms with Crippen LogP contribution in [0.25, 0.3) is 49.7 Å². The van der Waals surface area contributed by atoms with Gasteiger partial charge in [0.05, 0.1) is 59.0 Å². The summed E-state index contributed by atoms with van der Waals surface area (Å²) < 4.78 is 8.68. The number of rotatable bonds is 5. The number of hydrogen-bond acceptors (Lipinski definition) is 5. The molecule has 8 nitrogen and oxygen atoms in total. The highest BCUT2D eigenvalue weighted by molar-refractivity contribution is 6.04. The molecule has 1 fully saturated rings. The van der Waals surface area contributed by atoms with E-state index in [-0.39, 0.29) is 12.1 Å². The third-order valence-electron chi connectivity index (χ3n) is 7.79. The Balaban J connectivity index is 1.40. The van der Waals surface area contributed by atoms with Crippen LogP contribution in [-0.2, 0) is 22.0 Å². The summed E-state index contributed by atoms with van der Waals surface area (Å²) >= 11 is 0. The Morgan fingerprint density at radius 3 is 2.46 bits per heavy atom. The maximum absolute atomic E-state index is 13.5. The highest BCUT2D eigenvalue weighted by Crippen LogP contribution is 2.37. The number of benzene rings is 3. The van der Waals surface area contributed by atoms with Gasteiger partial charge in [-0.1, -0.05) is 36.4 Å². The van der Waals surface area contributed by atoms with Gasteiger partial charge in [-0.05, 0) is 47.5 Å². The number of aromatic nitrogens is 4. The van der Waals surface area contributed by atoms with E-state index in [1.165, 1.54) is 0 Å². The van der Waals surface area contributed by atoms with E-state index in [2.05, 4.69) is 22.1 Å². The molecule has 3 aromatic carbocycles. The van der Waals surface area contributed by atoms with Crippen molar-refractivity contribution < 1.29 is 14.6 Å². The summed E-state index contributed by atoms with van der Waals surface area (Å²) in [5, 5.41) is 11.3. The van der Waals surface area contributed by atoms with E-state index in [0.29, 0.717) is 18.9 Å². The van der Waals surface area contributed by atoms with Gasteiger partial charge in [-0.3, -0.25) is 23.9 Å². The zero-order chi connectivity index (χ0) is 26.7. The van der Waals surface area contributed by atoms with Gasteiger partial charge in [-0.25, -0.2) is 4.79 Å². The smallest absolute Gasteiger partial charge is 0.333 e. The molecular weight excluding hydrogens is 492 g/mol. The van der Waals surface area contributed by atoms with Gasteiger partial charge in [0.15, 0.2) is 0 Å². The average Bonchev–Trinajstić information content (AvgIpc) is 3.20. The number of pyridine rings is 2. The molecule has 7 rings (SSSR count). The molecule has 0 amide bonds. The van der Waals surface area contributed by atoms with E-state index in [1.54, 1.807) is 22.4 Å². The van der Waals surface area contributed by atoms with Crippen molar-refractivity contribution in [2.45, 2.75) is 11.8 Å². The highest BCUT2D eigenvalue weighted by atomic mass is 16.5. The van der Waals surface area contributed by atoms with Gasteiger partial charge in [0.2, 0.25) is 0 Å². The van der Waals surface area contributed by atoms with Gasteiger partial charge in [-0.2, -0.15) is 0 Å². The Kier molecular flexibility index (Phi) is 5.14. The van der Waals surface area contributed by atoms with Crippen molar-refractivity contribution in [2.75, 3.05) is 13.2 Å². The number of imidazole rings is 1. The van der Waals surface area contributed by atoms with Gasteiger partial charge in [0, 0.05) is 29.6 Å². The summed E-state index contributed by atoms with van der Waals surface area (Å²) in [7, 11) is 1.74. The van der Waals surface area contributed by atoms with Crippen LogP contribution in [0.4, 0.5) is 0 Å². The number of ether oxygens (including phenoxy) is 1. The molecule has 0 atom stereocenters. The molecule has 192 valence electrons. The Morgan fingerprint density at radius 1 is 0.949 bits per heavy atom. The normalized spacial score (nSPS) is 14.6. The first-order valence-corrected chi connectivity index (χ1v) is 12.7. The minimum atomic E-state index is -0.857. The van der Waals surface area contributed by atoms with Crippen molar-refractivity contribution in [1.29, 1.82) is 0 Å². The van der Waals surface area contributed by atoms with E-state index < -0.39 is 11.4 Å². The second-order valence-electron chi connectivity index (χ2n) is 10.2. The van der Waals surface area contributed by atoms with E-state index in [1.807, 2.05) is 66.9 Å². The van der Waals surface area contributed by atoms with Crippen LogP contribution in [0, 0.1) is 0 Å². The summed E-state index contributed by atoms with van der Waals surface area (Å²) in [4.78, 5) is 34.2. The van der Waals surface area contributed by atoms with Crippen molar-refractivity contribution >= 4 is 38.8 Å². The molecule has 0 aliphatic carbocycles. The first-order valence-electron chi connectivity index (χ1n) is 12.7. The molecule has 0 bridgehead atoms. The van der Waals surface area contributed by atoms with Crippen LogP contribution < -0.4 is 5.69 Å². The van der Waals surface area contributed by atoms with Crippen molar-refractivity contribution in [3.05, 3.63) is 101 Å². The predicted octanol–water partition coefficient (Wildman–Crippen LogP) is 4.84. The average molecular weight is 517 g/mol. The second-order valence-corrected chi connectivity index (χ2v) is 10.2. The monoisotopic (exact) mass is 516 g/mol. The number of carboxylic acids is 1. The molecule has 1 aliphatic heterocycles. The van der Waals surface area contributed by atoms with Crippen LogP contribution in [0.15, 0.2) is 90.0 Å². The fourth-order valence-corrected chi connectivity index (χ4v) is 5.62. The third-order valence-corrected chi connectivity index (χ3v) is 7.79. The summed E-state index contributed by atoms with van der Waals surface area (Å²) in [5.41, 5.74) is 6.04. The minimum Gasteiger partial charge on any atom is -0.481 e. The van der Waals surface area contributed by atoms with Gasteiger partial charge in [0.25, 0.3) is 0 Å². The van der Waals surface area contributed by atoms with E-state index in [4.69, 9.17) is 4.74 Å². The first-order chi connectivity index (χ1) is 18.9. The number of fused-ring (bicyclic) bond motifs is 4. The number of carbonyl (C=O) groups is 1. The topological polar surface area (TPSA) is 99.2 Å². The molecule has 1 N–H and O–H groups in total. The lowest BCUT2D eigenvalue weighted by Gasteiger charge is -2.40. The molecule has 0 saturated carbocycles. The zero-order valence-corrected chi connectivity index (χ0v) is 21.2. The SMILES string of the molecule is Cn1c(=O)n(-c2ccc(C3(CC(=O)O)COC3)cc2)c2c3cc(-c4cnc5ccccc5c4)ccc3ncc21. The van der Waals surface area contributed by atoms with Gasteiger partial charge in [0.1, 0.15) is 0 Å². The maximum Gasteiger partial charge on any atom is 0.333 e. The zero-order valence-electron chi connectivity index (χ0n) is 21.2. The summed E-state index contributed by atoms with van der Waals surface area (Å²) in [5.74, 6) is -0.857. The number of nitrogens with zero attached hydrogens (tertiary/aromatic N) is 4. The largest absolute Gasteiger partial charge is 0.481 e. The van der Waals surface area contributed by atoms with Crippen molar-refractivity contribution in [1.82, 2.24) is 19.1 Å². The van der Waals surface area contributed by atoms with Crippen LogP contribution in [0.2, 0.25) is 0 Å². The second kappa shape index (κ2) is 8.61. The van der Waals surface area contributed by atoms with E-state index in [0.717, 1.165) is 49.5 Å². The minimum absolute atomic E-state index is 0.00325. The quantitative estimate of drug-likeness (QED) is 0.352. The molecule has 6 aromatic rings. The lowest BCUT2D eigenvalue weighted by molar-refractivity contribution is -0.145. The first kappa shape index (κ1) is 23.3. The van der Waals surface area contributed by atoms with Crippen molar-refractivity contribution in [2.24, 2.45) is 7.05 Å². The Morgan fingerprint density at radius 2 is 1.72 bits per heavy atom. The molecular formula is C31H24N4O4. The highest BCUT2D eigenvalue weighted by Gasteiger charge is 2.42. The fraction of sp³-hybridized carbons (Fsp3) is 0.161. The van der Waals surface area contributed by atoms with Crippen LogP contribution in [-0.4, -0.2) is 43.4 Å². The predicted molar refractivity (Wildman–Crippen MR) is 149 cm³/mol. The molecule has 0 radical (unpaired) electrons. The number of hydrogen-bond donors (Lipinski definition) is 1. The Labute approximate surface area is 222 Å². The van der Waals surface area contributed by atoms with E-state index in [9.17, 15) is 14.7 Å². The van der Waals surface area contributed by atoms with Gasteiger partial charge < -0.3 is 9.84 Å². The molecule has 1 saturated heterocycles. The fourth-order valence-electron chi connectivity index (χ4n) is 5.62. The molecule has 3 aromatic heterocycles. The van der Waals surface area contributed by atoms with Gasteiger partial charge in [-0.15, -0.1) is 0 Å².